The van der Waals surface area contributed by atoms with Gasteiger partial charge in [0.2, 0.25) is 0 Å². The van der Waals surface area contributed by atoms with Gasteiger partial charge in [-0.2, -0.15) is 0 Å². The molecule has 0 fully saturated rings. The normalized spacial score (nSPS) is 11.2. The molecule has 0 saturated carbocycles. The molecule has 2 rings (SSSR count). The van der Waals surface area contributed by atoms with E-state index in [1.165, 1.54) is 18.3 Å². The van der Waals surface area contributed by atoms with Gasteiger partial charge in [0.1, 0.15) is 10.7 Å². The zero-order valence-electron chi connectivity index (χ0n) is 10.6. The van der Waals surface area contributed by atoms with Gasteiger partial charge in [-0.15, -0.1) is 0 Å². The Morgan fingerprint density at radius 3 is 2.60 bits per heavy atom. The highest BCUT2D eigenvalue weighted by Gasteiger charge is 2.16. The van der Waals surface area contributed by atoms with Crippen LogP contribution in [0.5, 0.6) is 0 Å². The second-order valence-corrected chi connectivity index (χ2v) is 6.54. The van der Waals surface area contributed by atoms with E-state index >= 15 is 0 Å². The summed E-state index contributed by atoms with van der Waals surface area (Å²) in [6, 6.07) is 8.24. The third-order valence-electron chi connectivity index (χ3n) is 2.63. The number of halogens is 1. The number of hydrogen-bond acceptors (Lipinski definition) is 5. The number of nitrogens with two attached hydrogens (primary N) is 1. The Hall–Kier alpha value is -1.64. The number of nitrogen functional groups attached to an aromatic ring is 1. The number of nitrogens with zero attached hydrogens (tertiary/aromatic N) is 1. The van der Waals surface area contributed by atoms with E-state index in [0.717, 1.165) is 5.56 Å². The predicted molar refractivity (Wildman–Crippen MR) is 81.7 cm³/mol. The number of hydrazine groups is 1. The zero-order valence-corrected chi connectivity index (χ0v) is 13.0. The maximum absolute atomic E-state index is 12.2. The molecular formula is C12H13BrN4O2S. The van der Waals surface area contributed by atoms with Crippen molar-refractivity contribution < 1.29 is 8.42 Å². The number of anilines is 2. The molecule has 1 heterocycles. The fourth-order valence-corrected chi connectivity index (χ4v) is 3.07. The molecule has 2 aromatic rings. The van der Waals surface area contributed by atoms with E-state index in [2.05, 4.69) is 31.1 Å². The first-order valence-electron chi connectivity index (χ1n) is 5.64. The number of benzene rings is 1. The van der Waals surface area contributed by atoms with E-state index in [-0.39, 0.29) is 4.90 Å². The molecule has 0 spiro atoms. The van der Waals surface area contributed by atoms with Crippen LogP contribution in [0.15, 0.2) is 45.9 Å². The molecule has 8 heteroatoms. The lowest BCUT2D eigenvalue weighted by Gasteiger charge is -2.11. The van der Waals surface area contributed by atoms with Gasteiger partial charge >= 0.3 is 0 Å². The number of hydrogen-bond donors (Lipinski definition) is 3. The van der Waals surface area contributed by atoms with E-state index in [1.807, 2.05) is 13.0 Å². The summed E-state index contributed by atoms with van der Waals surface area (Å²) < 4.78 is 27.7. The van der Waals surface area contributed by atoms with Crippen molar-refractivity contribution in [3.05, 3.63) is 46.6 Å². The number of aromatic nitrogens is 1. The molecule has 0 aliphatic heterocycles. The van der Waals surface area contributed by atoms with Gasteiger partial charge in [0, 0.05) is 10.7 Å². The van der Waals surface area contributed by atoms with E-state index in [0.29, 0.717) is 16.0 Å². The van der Waals surface area contributed by atoms with Crippen molar-refractivity contribution in [2.75, 3.05) is 10.1 Å². The molecule has 1 aromatic heterocycles. The molecule has 6 nitrogen and oxygen atoms in total. The minimum Gasteiger partial charge on any atom is -0.308 e. The van der Waals surface area contributed by atoms with Crippen LogP contribution in [0.4, 0.5) is 11.5 Å². The lowest BCUT2D eigenvalue weighted by molar-refractivity contribution is 0.601. The Morgan fingerprint density at radius 2 is 2.00 bits per heavy atom. The fourth-order valence-electron chi connectivity index (χ4n) is 1.55. The minimum atomic E-state index is -3.69. The molecule has 4 N–H and O–H groups in total. The van der Waals surface area contributed by atoms with Crippen molar-refractivity contribution in [3.8, 4) is 0 Å². The monoisotopic (exact) mass is 356 g/mol. The van der Waals surface area contributed by atoms with Crippen molar-refractivity contribution in [2.45, 2.75) is 11.8 Å². The quantitative estimate of drug-likeness (QED) is 0.576. The van der Waals surface area contributed by atoms with Crippen LogP contribution in [-0.4, -0.2) is 13.4 Å². The van der Waals surface area contributed by atoms with Gasteiger partial charge in [-0.05, 0) is 46.6 Å². The second-order valence-electron chi connectivity index (χ2n) is 4.07. The highest BCUT2D eigenvalue weighted by Crippen LogP contribution is 2.27. The summed E-state index contributed by atoms with van der Waals surface area (Å²) in [7, 11) is -3.69. The van der Waals surface area contributed by atoms with Gasteiger partial charge in [-0.3, -0.25) is 4.72 Å². The van der Waals surface area contributed by atoms with Crippen LogP contribution >= 0.6 is 15.9 Å². The number of pyridine rings is 1. The van der Waals surface area contributed by atoms with Crippen molar-refractivity contribution in [2.24, 2.45) is 5.84 Å². The molecule has 0 saturated heterocycles. The molecule has 1 aromatic carbocycles. The second kappa shape index (κ2) is 5.78. The number of aryl methyl sites for hydroxylation is 1. The van der Waals surface area contributed by atoms with Crippen LogP contribution in [-0.2, 0) is 10.0 Å². The smallest absolute Gasteiger partial charge is 0.263 e. The fraction of sp³-hybridized carbons (Fsp3) is 0.0833. The summed E-state index contributed by atoms with van der Waals surface area (Å²) >= 11 is 3.36. The van der Waals surface area contributed by atoms with Crippen LogP contribution in [0, 0.1) is 6.92 Å². The SMILES string of the molecule is Cc1cccc(NS(=O)(=O)c2ccc(NN)nc2)c1Br. The molecule has 0 aliphatic rings. The lowest BCUT2D eigenvalue weighted by Crippen LogP contribution is -2.14. The molecule has 0 bridgehead atoms. The largest absolute Gasteiger partial charge is 0.308 e. The topological polar surface area (TPSA) is 97.1 Å². The average Bonchev–Trinajstić information content (AvgIpc) is 2.44. The van der Waals surface area contributed by atoms with Gasteiger partial charge in [0.25, 0.3) is 10.0 Å². The zero-order chi connectivity index (χ0) is 14.8. The highest BCUT2D eigenvalue weighted by molar-refractivity contribution is 9.10. The molecule has 20 heavy (non-hydrogen) atoms. The summed E-state index contributed by atoms with van der Waals surface area (Å²) in [5.41, 5.74) is 3.75. The van der Waals surface area contributed by atoms with Gasteiger partial charge in [-0.25, -0.2) is 19.2 Å². The van der Waals surface area contributed by atoms with Crippen molar-refractivity contribution in [1.29, 1.82) is 0 Å². The molecule has 0 amide bonds. The Bertz CT molecular complexity index is 717. The highest BCUT2D eigenvalue weighted by atomic mass is 79.9. The first-order valence-corrected chi connectivity index (χ1v) is 7.92. The maximum atomic E-state index is 12.2. The van der Waals surface area contributed by atoms with Crippen LogP contribution in [0.2, 0.25) is 0 Å². The third kappa shape index (κ3) is 3.09. The van der Waals surface area contributed by atoms with E-state index in [9.17, 15) is 8.42 Å². The molecule has 0 atom stereocenters. The molecule has 0 radical (unpaired) electrons. The number of sulfonamides is 1. The minimum absolute atomic E-state index is 0.0601. The molecule has 106 valence electrons. The standard InChI is InChI=1S/C12H13BrN4O2S/c1-8-3-2-4-10(12(8)13)17-20(18,19)9-5-6-11(16-14)15-7-9/h2-7,17H,14H2,1H3,(H,15,16). The van der Waals surface area contributed by atoms with Crippen LogP contribution in [0.1, 0.15) is 5.56 Å². The summed E-state index contributed by atoms with van der Waals surface area (Å²) in [5, 5.41) is 0. The van der Waals surface area contributed by atoms with Crippen molar-refractivity contribution in [3.63, 3.8) is 0 Å². The molecule has 0 unspecified atom stereocenters. The lowest BCUT2D eigenvalue weighted by atomic mass is 10.2. The summed E-state index contributed by atoms with van der Waals surface area (Å²) in [4.78, 5) is 3.94. The van der Waals surface area contributed by atoms with Crippen LogP contribution in [0.25, 0.3) is 0 Å². The Balaban J connectivity index is 2.33. The Morgan fingerprint density at radius 1 is 1.25 bits per heavy atom. The van der Waals surface area contributed by atoms with Crippen molar-refractivity contribution in [1.82, 2.24) is 4.98 Å². The Labute approximate surface area is 125 Å². The van der Waals surface area contributed by atoms with Gasteiger partial charge in [0.15, 0.2) is 0 Å². The maximum Gasteiger partial charge on any atom is 0.263 e. The average molecular weight is 357 g/mol. The Kier molecular flexibility index (Phi) is 4.26. The van der Waals surface area contributed by atoms with E-state index < -0.39 is 10.0 Å². The first kappa shape index (κ1) is 14.8. The molecular weight excluding hydrogens is 344 g/mol. The van der Waals surface area contributed by atoms with Gasteiger partial charge in [-0.1, -0.05) is 12.1 Å². The van der Waals surface area contributed by atoms with E-state index in [1.54, 1.807) is 12.1 Å². The van der Waals surface area contributed by atoms with Crippen LogP contribution < -0.4 is 16.0 Å². The number of nitrogens with one attached hydrogen (secondary N) is 2. The van der Waals surface area contributed by atoms with Gasteiger partial charge in [0.05, 0.1) is 5.69 Å². The van der Waals surface area contributed by atoms with Crippen LogP contribution in [0.3, 0.4) is 0 Å². The third-order valence-corrected chi connectivity index (χ3v) is 5.03. The summed E-state index contributed by atoms with van der Waals surface area (Å²) in [5.74, 6) is 5.57. The molecule has 0 aliphatic carbocycles. The van der Waals surface area contributed by atoms with E-state index in [4.69, 9.17) is 5.84 Å². The van der Waals surface area contributed by atoms with Crippen molar-refractivity contribution >= 4 is 37.5 Å². The number of rotatable bonds is 4. The summed E-state index contributed by atoms with van der Waals surface area (Å²) in [6.07, 6.45) is 1.24. The van der Waals surface area contributed by atoms with Gasteiger partial charge < -0.3 is 5.43 Å². The summed E-state index contributed by atoms with van der Waals surface area (Å²) in [6.45, 7) is 1.88. The predicted octanol–water partition coefficient (Wildman–Crippen LogP) is 2.24. The first-order chi connectivity index (χ1) is 9.44.